The lowest BCUT2D eigenvalue weighted by Crippen LogP contribution is -2.27. The van der Waals surface area contributed by atoms with Crippen molar-refractivity contribution in [3.05, 3.63) is 11.8 Å². The minimum absolute atomic E-state index is 0.0732. The second-order valence-corrected chi connectivity index (χ2v) is 6.62. The molecule has 0 radical (unpaired) electrons. The quantitative estimate of drug-likeness (QED) is 0.860. The Kier molecular flexibility index (Phi) is 3.65. The minimum atomic E-state index is -0.434. The van der Waals surface area contributed by atoms with Gasteiger partial charge < -0.3 is 4.52 Å². The molecule has 4 heteroatoms. The largest absolute Gasteiger partial charge is 0.338 e. The molecule has 1 aromatic rings. The predicted molar refractivity (Wildman–Crippen MR) is 67.7 cm³/mol. The maximum absolute atomic E-state index is 11.7. The molecule has 1 amide bonds. The lowest BCUT2D eigenvalue weighted by molar-refractivity contribution is -0.123. The zero-order valence-corrected chi connectivity index (χ0v) is 11.5. The van der Waals surface area contributed by atoms with E-state index in [-0.39, 0.29) is 11.3 Å². The van der Waals surface area contributed by atoms with Gasteiger partial charge in [-0.15, -0.1) is 0 Å². The van der Waals surface area contributed by atoms with E-state index in [2.05, 4.69) is 31.2 Å². The van der Waals surface area contributed by atoms with Gasteiger partial charge in [-0.25, -0.2) is 0 Å². The number of anilines is 1. The Hall–Kier alpha value is -1.32. The Balaban J connectivity index is 2.67. The van der Waals surface area contributed by atoms with Gasteiger partial charge in [0.2, 0.25) is 11.8 Å². The average Bonchev–Trinajstić information content (AvgIpc) is 2.47. The van der Waals surface area contributed by atoms with Crippen LogP contribution in [0.1, 0.15) is 47.2 Å². The number of rotatable bonds is 2. The number of hydrogen-bond donors (Lipinski definition) is 1. The molecule has 0 spiro atoms. The third kappa shape index (κ3) is 4.59. The van der Waals surface area contributed by atoms with Crippen molar-refractivity contribution in [1.82, 2.24) is 5.16 Å². The van der Waals surface area contributed by atoms with Gasteiger partial charge in [-0.1, -0.05) is 46.7 Å². The van der Waals surface area contributed by atoms with Crippen LogP contribution in [0.3, 0.4) is 0 Å². The first kappa shape index (κ1) is 13.7. The summed E-state index contributed by atoms with van der Waals surface area (Å²) in [5.41, 5.74) is 0.584. The van der Waals surface area contributed by atoms with Crippen molar-refractivity contribution in [2.45, 2.75) is 48.0 Å². The molecule has 0 fully saturated rings. The fourth-order valence-electron chi connectivity index (χ4n) is 1.30. The number of nitrogens with zero attached hydrogens (tertiary/aromatic N) is 1. The molecule has 0 aromatic carbocycles. The molecule has 0 aliphatic carbocycles. The SMILES string of the molecule is CC(C)(C)Cc1cc(NC(=O)C(C)(C)C)on1. The molecule has 1 rings (SSSR count). The number of carbonyl (C=O) groups excluding carboxylic acids is 1. The second kappa shape index (κ2) is 4.51. The normalized spacial score (nSPS) is 12.6. The number of aromatic nitrogens is 1. The third-order valence-electron chi connectivity index (χ3n) is 2.19. The van der Waals surface area contributed by atoms with E-state index in [1.54, 1.807) is 6.07 Å². The van der Waals surface area contributed by atoms with Gasteiger partial charge in [0, 0.05) is 11.5 Å². The standard InChI is InChI=1S/C13H22N2O2/c1-12(2,3)8-9-7-10(17-15-9)14-11(16)13(4,5)6/h7H,8H2,1-6H3,(H,14,16). The summed E-state index contributed by atoms with van der Waals surface area (Å²) in [5, 5.41) is 6.67. The number of carbonyl (C=O) groups is 1. The van der Waals surface area contributed by atoms with Crippen LogP contribution in [0, 0.1) is 10.8 Å². The number of amides is 1. The van der Waals surface area contributed by atoms with E-state index >= 15 is 0 Å². The van der Waals surface area contributed by atoms with Crippen molar-refractivity contribution in [1.29, 1.82) is 0 Å². The Morgan fingerprint density at radius 2 is 1.88 bits per heavy atom. The third-order valence-corrected chi connectivity index (χ3v) is 2.19. The summed E-state index contributed by atoms with van der Waals surface area (Å²) in [7, 11) is 0. The molecule has 1 heterocycles. The maximum atomic E-state index is 11.7. The lowest BCUT2D eigenvalue weighted by Gasteiger charge is -2.16. The number of hydrogen-bond acceptors (Lipinski definition) is 3. The highest BCUT2D eigenvalue weighted by molar-refractivity contribution is 5.93. The molecule has 17 heavy (non-hydrogen) atoms. The van der Waals surface area contributed by atoms with Gasteiger partial charge in [0.25, 0.3) is 0 Å². The summed E-state index contributed by atoms with van der Waals surface area (Å²) in [4.78, 5) is 11.7. The highest BCUT2D eigenvalue weighted by Crippen LogP contribution is 2.23. The Labute approximate surface area is 103 Å². The first-order valence-corrected chi connectivity index (χ1v) is 5.85. The van der Waals surface area contributed by atoms with E-state index in [4.69, 9.17) is 4.52 Å². The van der Waals surface area contributed by atoms with Crippen LogP contribution in [0.2, 0.25) is 0 Å². The predicted octanol–water partition coefficient (Wildman–Crippen LogP) is 3.25. The van der Waals surface area contributed by atoms with Crippen LogP contribution >= 0.6 is 0 Å². The summed E-state index contributed by atoms with van der Waals surface area (Å²) in [6.07, 6.45) is 0.821. The van der Waals surface area contributed by atoms with Gasteiger partial charge in [-0.2, -0.15) is 0 Å². The summed E-state index contributed by atoms with van der Waals surface area (Å²) < 4.78 is 5.09. The Morgan fingerprint density at radius 3 is 2.35 bits per heavy atom. The first-order valence-electron chi connectivity index (χ1n) is 5.85. The lowest BCUT2D eigenvalue weighted by atomic mass is 9.91. The highest BCUT2D eigenvalue weighted by atomic mass is 16.5. The van der Waals surface area contributed by atoms with Crippen molar-refractivity contribution in [2.75, 3.05) is 5.32 Å². The van der Waals surface area contributed by atoms with Crippen molar-refractivity contribution in [3.63, 3.8) is 0 Å². The molecule has 0 aliphatic rings. The smallest absolute Gasteiger partial charge is 0.232 e. The van der Waals surface area contributed by atoms with Crippen molar-refractivity contribution in [2.24, 2.45) is 10.8 Å². The molecule has 0 unspecified atom stereocenters. The van der Waals surface area contributed by atoms with Crippen LogP contribution in [0.15, 0.2) is 10.6 Å². The van der Waals surface area contributed by atoms with Crippen LogP contribution in [0.25, 0.3) is 0 Å². The molecular formula is C13H22N2O2. The first-order chi connectivity index (χ1) is 7.58. The van der Waals surface area contributed by atoms with Gasteiger partial charge in [-0.3, -0.25) is 10.1 Å². The topological polar surface area (TPSA) is 55.1 Å². The van der Waals surface area contributed by atoms with Gasteiger partial charge in [0.15, 0.2) is 0 Å². The minimum Gasteiger partial charge on any atom is -0.338 e. The monoisotopic (exact) mass is 238 g/mol. The fourth-order valence-corrected chi connectivity index (χ4v) is 1.30. The summed E-state index contributed by atoms with van der Waals surface area (Å²) in [6.45, 7) is 12.0. The van der Waals surface area contributed by atoms with Crippen molar-refractivity contribution in [3.8, 4) is 0 Å². The molecule has 0 saturated heterocycles. The van der Waals surface area contributed by atoms with Crippen LogP contribution < -0.4 is 5.32 Å². The second-order valence-electron chi connectivity index (χ2n) is 6.62. The number of nitrogens with one attached hydrogen (secondary N) is 1. The molecule has 0 bridgehead atoms. The molecule has 4 nitrogen and oxygen atoms in total. The zero-order valence-electron chi connectivity index (χ0n) is 11.5. The van der Waals surface area contributed by atoms with E-state index in [0.717, 1.165) is 12.1 Å². The van der Waals surface area contributed by atoms with Gasteiger partial charge in [0.1, 0.15) is 0 Å². The van der Waals surface area contributed by atoms with Crippen LogP contribution in [-0.4, -0.2) is 11.1 Å². The average molecular weight is 238 g/mol. The highest BCUT2D eigenvalue weighted by Gasteiger charge is 2.23. The molecular weight excluding hydrogens is 216 g/mol. The summed E-state index contributed by atoms with van der Waals surface area (Å²) in [5.74, 6) is 0.347. The molecule has 96 valence electrons. The maximum Gasteiger partial charge on any atom is 0.232 e. The summed E-state index contributed by atoms with van der Waals surface area (Å²) >= 11 is 0. The van der Waals surface area contributed by atoms with E-state index in [0.29, 0.717) is 5.88 Å². The molecule has 0 saturated carbocycles. The molecule has 0 atom stereocenters. The van der Waals surface area contributed by atoms with Crippen molar-refractivity contribution >= 4 is 11.8 Å². The van der Waals surface area contributed by atoms with E-state index in [1.165, 1.54) is 0 Å². The van der Waals surface area contributed by atoms with Crippen LogP contribution in [-0.2, 0) is 11.2 Å². The Bertz CT molecular complexity index is 394. The van der Waals surface area contributed by atoms with E-state index in [1.807, 2.05) is 20.8 Å². The molecule has 1 N–H and O–H groups in total. The Morgan fingerprint density at radius 1 is 1.29 bits per heavy atom. The van der Waals surface area contributed by atoms with Crippen LogP contribution in [0.5, 0.6) is 0 Å². The van der Waals surface area contributed by atoms with Gasteiger partial charge in [-0.05, 0) is 11.8 Å². The van der Waals surface area contributed by atoms with E-state index in [9.17, 15) is 4.79 Å². The van der Waals surface area contributed by atoms with Gasteiger partial charge in [0.05, 0.1) is 5.69 Å². The summed E-state index contributed by atoms with van der Waals surface area (Å²) in [6, 6.07) is 1.79. The van der Waals surface area contributed by atoms with Crippen molar-refractivity contribution < 1.29 is 9.32 Å². The van der Waals surface area contributed by atoms with Gasteiger partial charge >= 0.3 is 0 Å². The molecule has 1 aromatic heterocycles. The molecule has 0 aliphatic heterocycles. The zero-order chi connectivity index (χ0) is 13.3. The van der Waals surface area contributed by atoms with Crippen LogP contribution in [0.4, 0.5) is 5.88 Å². The fraction of sp³-hybridized carbons (Fsp3) is 0.692. The van der Waals surface area contributed by atoms with E-state index < -0.39 is 5.41 Å².